The van der Waals surface area contributed by atoms with Gasteiger partial charge in [0.1, 0.15) is 0 Å². The summed E-state index contributed by atoms with van der Waals surface area (Å²) in [6, 6.07) is 9.35. The van der Waals surface area contributed by atoms with E-state index >= 15 is 0 Å². The Morgan fingerprint density at radius 3 is 2.52 bits per heavy atom. The number of aromatic nitrogens is 5. The van der Waals surface area contributed by atoms with Crippen molar-refractivity contribution in [3.63, 3.8) is 0 Å². The van der Waals surface area contributed by atoms with E-state index in [1.165, 1.54) is 12.8 Å². The number of rotatable bonds is 8. The highest BCUT2D eigenvalue weighted by Gasteiger charge is 2.23. The Balaban J connectivity index is 1.19. The van der Waals surface area contributed by atoms with E-state index in [1.54, 1.807) is 18.5 Å². The summed E-state index contributed by atoms with van der Waals surface area (Å²) in [5.41, 5.74) is 4.87. The molecule has 4 aromatic rings. The van der Waals surface area contributed by atoms with Crippen molar-refractivity contribution in [2.45, 2.75) is 38.8 Å². The van der Waals surface area contributed by atoms with Crippen molar-refractivity contribution in [1.29, 1.82) is 0 Å². The van der Waals surface area contributed by atoms with E-state index in [1.807, 2.05) is 30.5 Å². The summed E-state index contributed by atoms with van der Waals surface area (Å²) in [6.45, 7) is 4.02. The van der Waals surface area contributed by atoms with Crippen LogP contribution in [0.5, 0.6) is 11.6 Å². The number of nitrogens with zero attached hydrogens (tertiary/aromatic N) is 6. The number of carbonyl (C=O) groups excluding carboxylic acids is 1. The highest BCUT2D eigenvalue weighted by molar-refractivity contribution is 6.35. The molecule has 0 radical (unpaired) electrons. The fraction of sp³-hybridized carbons (Fsp3) is 0.367. The van der Waals surface area contributed by atoms with Gasteiger partial charge in [-0.2, -0.15) is 5.10 Å². The van der Waals surface area contributed by atoms with E-state index < -0.39 is 0 Å². The number of methoxy groups -OCH3 is 1. The smallest absolute Gasteiger partial charge is 0.305 e. The molecule has 6 rings (SSSR count). The summed E-state index contributed by atoms with van der Waals surface area (Å²) in [4.78, 5) is 30.1. The Kier molecular flexibility index (Phi) is 8.55. The van der Waals surface area contributed by atoms with Crippen LogP contribution in [0.2, 0.25) is 10.0 Å². The van der Waals surface area contributed by atoms with Crippen LogP contribution in [0, 0.1) is 5.92 Å². The zero-order valence-corrected chi connectivity index (χ0v) is 24.7. The topological polar surface area (TPSA) is 109 Å². The Morgan fingerprint density at radius 1 is 1.02 bits per heavy atom. The van der Waals surface area contributed by atoms with Gasteiger partial charge in [-0.05, 0) is 61.7 Å². The molecule has 0 bridgehead atoms. The van der Waals surface area contributed by atoms with E-state index in [0.29, 0.717) is 58.7 Å². The second-order valence-corrected chi connectivity index (χ2v) is 11.6. The number of hydrogen-bond donors (Lipinski definition) is 1. The van der Waals surface area contributed by atoms with Gasteiger partial charge in [0.05, 0.1) is 31.4 Å². The Morgan fingerprint density at radius 2 is 1.79 bits per heavy atom. The largest absolute Gasteiger partial charge is 0.469 e. The molecule has 218 valence electrons. The summed E-state index contributed by atoms with van der Waals surface area (Å²) in [6.07, 6.45) is 8.43. The van der Waals surface area contributed by atoms with Crippen LogP contribution < -0.4 is 9.64 Å². The number of aromatic amines is 1. The third-order valence-corrected chi connectivity index (χ3v) is 8.17. The van der Waals surface area contributed by atoms with Crippen LogP contribution in [0.25, 0.3) is 11.3 Å². The zero-order valence-electron chi connectivity index (χ0n) is 23.2. The molecule has 1 fully saturated rings. The van der Waals surface area contributed by atoms with Gasteiger partial charge in [0.2, 0.25) is 11.8 Å². The highest BCUT2D eigenvalue weighted by atomic mass is 35.5. The summed E-state index contributed by atoms with van der Waals surface area (Å²) in [5.74, 6) is 1.76. The van der Waals surface area contributed by atoms with Gasteiger partial charge in [0, 0.05) is 65.4 Å². The molecule has 1 aromatic carbocycles. The SMILES string of the molecule is COC(=O)CC1CCN(Cc2cc(Oc3cnc(N4CCc5[nH]ncc5C4)nc3)nc(-c3cc(Cl)cc(Cl)c3)c2)CC1. The van der Waals surface area contributed by atoms with Crippen molar-refractivity contribution in [2.75, 3.05) is 31.6 Å². The van der Waals surface area contributed by atoms with E-state index in [0.717, 1.165) is 55.6 Å². The van der Waals surface area contributed by atoms with E-state index in [9.17, 15) is 4.79 Å². The number of fused-ring (bicyclic) bond motifs is 1. The Hall–Kier alpha value is -3.73. The molecule has 42 heavy (non-hydrogen) atoms. The number of esters is 1. The van der Waals surface area contributed by atoms with Gasteiger partial charge < -0.3 is 14.4 Å². The van der Waals surface area contributed by atoms with Crippen LogP contribution in [0.1, 0.15) is 36.1 Å². The number of carbonyl (C=O) groups is 1. The molecule has 0 saturated carbocycles. The number of anilines is 1. The van der Waals surface area contributed by atoms with E-state index in [-0.39, 0.29) is 5.97 Å². The van der Waals surface area contributed by atoms with Gasteiger partial charge in [-0.25, -0.2) is 15.0 Å². The zero-order chi connectivity index (χ0) is 29.1. The number of ether oxygens (including phenoxy) is 2. The second-order valence-electron chi connectivity index (χ2n) is 10.7. The average molecular weight is 609 g/mol. The molecular weight excluding hydrogens is 577 g/mol. The minimum absolute atomic E-state index is 0.144. The first-order valence-corrected chi connectivity index (χ1v) is 14.7. The van der Waals surface area contributed by atoms with Gasteiger partial charge in [-0.3, -0.25) is 14.8 Å². The predicted octanol–water partition coefficient (Wildman–Crippen LogP) is 5.70. The van der Waals surface area contributed by atoms with Gasteiger partial charge in [0.15, 0.2) is 5.75 Å². The molecule has 5 heterocycles. The van der Waals surface area contributed by atoms with Crippen molar-refractivity contribution >= 4 is 35.1 Å². The maximum absolute atomic E-state index is 11.7. The van der Waals surface area contributed by atoms with Crippen molar-refractivity contribution < 1.29 is 14.3 Å². The minimum atomic E-state index is -0.144. The number of benzene rings is 1. The Bertz CT molecular complexity index is 1530. The lowest BCUT2D eigenvalue weighted by Gasteiger charge is -2.31. The molecule has 0 atom stereocenters. The number of H-pyrrole nitrogens is 1. The first kappa shape index (κ1) is 28.4. The molecule has 1 N–H and O–H groups in total. The molecule has 0 amide bonds. The summed E-state index contributed by atoms with van der Waals surface area (Å²) < 4.78 is 11.0. The van der Waals surface area contributed by atoms with Crippen molar-refractivity contribution in [3.8, 4) is 22.9 Å². The van der Waals surface area contributed by atoms with Gasteiger partial charge in [0.25, 0.3) is 0 Å². The quantitative estimate of drug-likeness (QED) is 0.252. The van der Waals surface area contributed by atoms with Crippen molar-refractivity contribution in [2.24, 2.45) is 5.92 Å². The lowest BCUT2D eigenvalue weighted by atomic mass is 9.93. The van der Waals surface area contributed by atoms with Crippen LogP contribution in [-0.4, -0.2) is 62.8 Å². The lowest BCUT2D eigenvalue weighted by molar-refractivity contribution is -0.142. The van der Waals surface area contributed by atoms with Crippen LogP contribution in [0.15, 0.2) is 48.9 Å². The van der Waals surface area contributed by atoms with Gasteiger partial charge >= 0.3 is 5.97 Å². The average Bonchev–Trinajstić information content (AvgIpc) is 3.46. The van der Waals surface area contributed by atoms with Gasteiger partial charge in [-0.15, -0.1) is 0 Å². The molecule has 2 aliphatic heterocycles. The molecule has 10 nitrogen and oxygen atoms in total. The second kappa shape index (κ2) is 12.6. The van der Waals surface area contributed by atoms with Crippen LogP contribution >= 0.6 is 23.2 Å². The molecule has 2 aliphatic rings. The maximum Gasteiger partial charge on any atom is 0.305 e. The van der Waals surface area contributed by atoms with Crippen molar-refractivity contribution in [1.82, 2.24) is 30.0 Å². The standard InChI is InChI=1S/C30H31Cl2N7O3/c1-41-29(40)10-19-2-5-38(6-3-19)17-20-8-27(21-11-23(31)13-24(32)12-21)36-28(9-20)42-25-15-33-30(34-16-25)39-7-4-26-22(18-39)14-35-37-26/h8-9,11-16,19H,2-7,10,17-18H2,1H3,(H,35,37). The van der Waals surface area contributed by atoms with Crippen LogP contribution in [-0.2, 0) is 29.0 Å². The third-order valence-electron chi connectivity index (χ3n) is 7.74. The van der Waals surface area contributed by atoms with Crippen LogP contribution in [0.4, 0.5) is 5.95 Å². The molecular formula is C30H31Cl2N7O3. The van der Waals surface area contributed by atoms with E-state index in [2.05, 4.69) is 30.0 Å². The van der Waals surface area contributed by atoms with Crippen LogP contribution in [0.3, 0.4) is 0 Å². The number of halogens is 2. The number of nitrogens with one attached hydrogen (secondary N) is 1. The first-order chi connectivity index (χ1) is 20.4. The monoisotopic (exact) mass is 607 g/mol. The third kappa shape index (κ3) is 6.83. The number of likely N-dealkylation sites (tertiary alicyclic amines) is 1. The first-order valence-electron chi connectivity index (χ1n) is 13.9. The fourth-order valence-electron chi connectivity index (χ4n) is 5.52. The molecule has 3 aromatic heterocycles. The molecule has 0 unspecified atom stereocenters. The number of pyridine rings is 1. The number of hydrogen-bond acceptors (Lipinski definition) is 9. The molecule has 12 heteroatoms. The highest BCUT2D eigenvalue weighted by Crippen LogP contribution is 2.31. The maximum atomic E-state index is 11.7. The summed E-state index contributed by atoms with van der Waals surface area (Å²) in [7, 11) is 1.44. The minimum Gasteiger partial charge on any atom is -0.469 e. The summed E-state index contributed by atoms with van der Waals surface area (Å²) >= 11 is 12.6. The molecule has 0 aliphatic carbocycles. The molecule has 0 spiro atoms. The summed E-state index contributed by atoms with van der Waals surface area (Å²) in [5, 5.41) is 8.25. The Labute approximate surface area is 254 Å². The lowest BCUT2D eigenvalue weighted by Crippen LogP contribution is -2.34. The predicted molar refractivity (Wildman–Crippen MR) is 160 cm³/mol. The molecule has 1 saturated heterocycles. The van der Waals surface area contributed by atoms with E-state index in [4.69, 9.17) is 37.7 Å². The van der Waals surface area contributed by atoms with Gasteiger partial charge in [-0.1, -0.05) is 23.2 Å². The fourth-order valence-corrected chi connectivity index (χ4v) is 6.04. The van der Waals surface area contributed by atoms with Crippen molar-refractivity contribution in [3.05, 3.63) is 75.8 Å². The normalized spacial score (nSPS) is 15.8. The number of piperidine rings is 1.